The fourth-order valence-corrected chi connectivity index (χ4v) is 1.72. The Bertz CT molecular complexity index is 534. The molecule has 5 heteroatoms. The maximum atomic E-state index is 11.1. The Balaban J connectivity index is 2.52. The average molecular weight is 231 g/mol. The molecule has 0 aromatic carbocycles. The van der Waals surface area contributed by atoms with Gasteiger partial charge in [-0.25, -0.2) is 14.8 Å². The lowest BCUT2D eigenvalue weighted by molar-refractivity contribution is 0.0690. The number of pyridine rings is 1. The average Bonchev–Trinajstić information content (AvgIpc) is 2.77. The molecule has 0 saturated carbocycles. The number of aromatic nitrogens is 3. The van der Waals surface area contributed by atoms with E-state index in [1.807, 2.05) is 0 Å². The fourth-order valence-electron chi connectivity index (χ4n) is 1.72. The molecule has 17 heavy (non-hydrogen) atoms. The second-order valence-electron chi connectivity index (χ2n) is 3.64. The Morgan fingerprint density at radius 3 is 2.94 bits per heavy atom. The molecule has 0 atom stereocenters. The van der Waals surface area contributed by atoms with Crippen LogP contribution in [0.3, 0.4) is 0 Å². The lowest BCUT2D eigenvalue weighted by Crippen LogP contribution is -2.09. The molecule has 0 fully saturated rings. The summed E-state index contributed by atoms with van der Waals surface area (Å²) in [6, 6.07) is 3.45. The molecule has 0 radical (unpaired) electrons. The van der Waals surface area contributed by atoms with Crippen LogP contribution in [0, 0.1) is 0 Å². The van der Waals surface area contributed by atoms with Gasteiger partial charge in [0.1, 0.15) is 5.82 Å². The highest BCUT2D eigenvalue weighted by Crippen LogP contribution is 2.15. The second kappa shape index (κ2) is 4.78. The summed E-state index contributed by atoms with van der Waals surface area (Å²) in [5, 5.41) is 9.09. The van der Waals surface area contributed by atoms with E-state index in [1.165, 1.54) is 6.20 Å². The van der Waals surface area contributed by atoms with Crippen LogP contribution in [-0.2, 0) is 6.42 Å². The molecule has 0 aliphatic heterocycles. The van der Waals surface area contributed by atoms with Gasteiger partial charge >= 0.3 is 5.97 Å². The monoisotopic (exact) mass is 231 g/mol. The SMILES string of the molecule is CCCc1nccn1-c1cccnc1C(=O)O. The zero-order valence-corrected chi connectivity index (χ0v) is 9.50. The van der Waals surface area contributed by atoms with Gasteiger partial charge in [0.05, 0.1) is 5.69 Å². The van der Waals surface area contributed by atoms with Crippen LogP contribution in [0.1, 0.15) is 29.7 Å². The smallest absolute Gasteiger partial charge is 0.356 e. The Morgan fingerprint density at radius 1 is 1.41 bits per heavy atom. The predicted octanol–water partition coefficient (Wildman–Crippen LogP) is 1.92. The van der Waals surface area contributed by atoms with E-state index in [0.29, 0.717) is 5.69 Å². The van der Waals surface area contributed by atoms with E-state index in [4.69, 9.17) is 5.11 Å². The number of hydrogen-bond donors (Lipinski definition) is 1. The highest BCUT2D eigenvalue weighted by molar-refractivity contribution is 5.89. The number of aromatic carboxylic acids is 1. The van der Waals surface area contributed by atoms with E-state index in [2.05, 4.69) is 16.9 Å². The number of nitrogens with zero attached hydrogens (tertiary/aromatic N) is 3. The normalized spacial score (nSPS) is 10.4. The van der Waals surface area contributed by atoms with Gasteiger partial charge in [0, 0.05) is 25.0 Å². The largest absolute Gasteiger partial charge is 0.476 e. The van der Waals surface area contributed by atoms with Crippen molar-refractivity contribution in [1.82, 2.24) is 14.5 Å². The van der Waals surface area contributed by atoms with Gasteiger partial charge < -0.3 is 9.67 Å². The van der Waals surface area contributed by atoms with E-state index >= 15 is 0 Å². The molecule has 2 rings (SSSR count). The Kier molecular flexibility index (Phi) is 3.18. The van der Waals surface area contributed by atoms with Gasteiger partial charge in [-0.3, -0.25) is 0 Å². The zero-order chi connectivity index (χ0) is 12.3. The summed E-state index contributed by atoms with van der Waals surface area (Å²) >= 11 is 0. The van der Waals surface area contributed by atoms with Crippen molar-refractivity contribution in [3.8, 4) is 5.69 Å². The molecule has 88 valence electrons. The van der Waals surface area contributed by atoms with Gasteiger partial charge in [-0.05, 0) is 18.6 Å². The summed E-state index contributed by atoms with van der Waals surface area (Å²) in [7, 11) is 0. The first-order valence-electron chi connectivity index (χ1n) is 5.45. The van der Waals surface area contributed by atoms with Crippen molar-refractivity contribution >= 4 is 5.97 Å². The molecule has 0 amide bonds. The first-order chi connectivity index (χ1) is 8.24. The maximum Gasteiger partial charge on any atom is 0.356 e. The molecule has 0 saturated heterocycles. The summed E-state index contributed by atoms with van der Waals surface area (Å²) in [6.07, 6.45) is 6.67. The number of carboxylic acid groups (broad SMARTS) is 1. The van der Waals surface area contributed by atoms with Crippen molar-refractivity contribution in [2.24, 2.45) is 0 Å². The van der Waals surface area contributed by atoms with Gasteiger partial charge in [0.25, 0.3) is 0 Å². The minimum Gasteiger partial charge on any atom is -0.476 e. The Morgan fingerprint density at radius 2 is 2.24 bits per heavy atom. The van der Waals surface area contributed by atoms with Crippen LogP contribution in [-0.4, -0.2) is 25.6 Å². The molecular weight excluding hydrogens is 218 g/mol. The second-order valence-corrected chi connectivity index (χ2v) is 3.64. The summed E-state index contributed by atoms with van der Waals surface area (Å²) in [4.78, 5) is 19.2. The van der Waals surface area contributed by atoms with Gasteiger partial charge in [-0.15, -0.1) is 0 Å². The number of hydrogen-bond acceptors (Lipinski definition) is 3. The third-order valence-corrected chi connectivity index (χ3v) is 2.44. The summed E-state index contributed by atoms with van der Waals surface area (Å²) < 4.78 is 1.78. The van der Waals surface area contributed by atoms with Crippen LogP contribution in [0.25, 0.3) is 5.69 Å². The number of carbonyl (C=O) groups is 1. The predicted molar refractivity (Wildman–Crippen MR) is 62.3 cm³/mol. The molecule has 5 nitrogen and oxygen atoms in total. The van der Waals surface area contributed by atoms with E-state index in [0.717, 1.165) is 18.7 Å². The van der Waals surface area contributed by atoms with Gasteiger partial charge in [-0.1, -0.05) is 6.92 Å². The highest BCUT2D eigenvalue weighted by Gasteiger charge is 2.14. The van der Waals surface area contributed by atoms with Crippen molar-refractivity contribution in [2.75, 3.05) is 0 Å². The quantitative estimate of drug-likeness (QED) is 0.872. The minimum atomic E-state index is -1.03. The van der Waals surface area contributed by atoms with E-state index in [9.17, 15) is 4.79 Å². The number of carboxylic acids is 1. The molecule has 2 heterocycles. The van der Waals surface area contributed by atoms with E-state index in [1.54, 1.807) is 29.1 Å². The molecule has 0 aliphatic carbocycles. The van der Waals surface area contributed by atoms with Crippen molar-refractivity contribution < 1.29 is 9.90 Å². The van der Waals surface area contributed by atoms with Gasteiger partial charge in [0.15, 0.2) is 5.69 Å². The number of imidazole rings is 1. The zero-order valence-electron chi connectivity index (χ0n) is 9.50. The first-order valence-corrected chi connectivity index (χ1v) is 5.45. The number of aryl methyl sites for hydroxylation is 1. The Labute approximate surface area is 98.8 Å². The van der Waals surface area contributed by atoms with Crippen LogP contribution in [0.2, 0.25) is 0 Å². The molecule has 0 unspecified atom stereocenters. The molecule has 1 N–H and O–H groups in total. The van der Waals surface area contributed by atoms with E-state index in [-0.39, 0.29) is 5.69 Å². The first kappa shape index (κ1) is 11.3. The van der Waals surface area contributed by atoms with Crippen molar-refractivity contribution in [3.63, 3.8) is 0 Å². The molecule has 0 bridgehead atoms. The van der Waals surface area contributed by atoms with Crippen LogP contribution in [0.5, 0.6) is 0 Å². The summed E-state index contributed by atoms with van der Waals surface area (Å²) in [5.41, 5.74) is 0.601. The van der Waals surface area contributed by atoms with Crippen molar-refractivity contribution in [3.05, 3.63) is 42.2 Å². The third-order valence-electron chi connectivity index (χ3n) is 2.44. The molecule has 2 aromatic rings. The lowest BCUT2D eigenvalue weighted by atomic mass is 10.2. The van der Waals surface area contributed by atoms with Crippen LogP contribution in [0.15, 0.2) is 30.7 Å². The molecule has 0 spiro atoms. The maximum absolute atomic E-state index is 11.1. The topological polar surface area (TPSA) is 68.0 Å². The molecule has 0 aliphatic rings. The van der Waals surface area contributed by atoms with Crippen molar-refractivity contribution in [2.45, 2.75) is 19.8 Å². The van der Waals surface area contributed by atoms with Gasteiger partial charge in [0.2, 0.25) is 0 Å². The molecule has 2 aromatic heterocycles. The highest BCUT2D eigenvalue weighted by atomic mass is 16.4. The van der Waals surface area contributed by atoms with Crippen LogP contribution in [0.4, 0.5) is 0 Å². The summed E-state index contributed by atoms with van der Waals surface area (Å²) in [6.45, 7) is 2.06. The third kappa shape index (κ3) is 2.18. The van der Waals surface area contributed by atoms with E-state index < -0.39 is 5.97 Å². The van der Waals surface area contributed by atoms with Gasteiger partial charge in [-0.2, -0.15) is 0 Å². The van der Waals surface area contributed by atoms with Crippen LogP contribution >= 0.6 is 0 Å². The minimum absolute atomic E-state index is 0.0443. The molecular formula is C12H13N3O2. The Hall–Kier alpha value is -2.17. The van der Waals surface area contributed by atoms with Crippen molar-refractivity contribution in [1.29, 1.82) is 0 Å². The fraction of sp³-hybridized carbons (Fsp3) is 0.250. The lowest BCUT2D eigenvalue weighted by Gasteiger charge is -2.09. The number of rotatable bonds is 4. The van der Waals surface area contributed by atoms with Crippen LogP contribution < -0.4 is 0 Å². The standard InChI is InChI=1S/C12H13N3O2/c1-2-4-10-13-7-8-15(10)9-5-3-6-14-11(9)12(16)17/h3,5-8H,2,4H2,1H3,(H,16,17). The summed E-state index contributed by atoms with van der Waals surface area (Å²) in [5.74, 6) is -0.181.